The van der Waals surface area contributed by atoms with E-state index in [2.05, 4.69) is 143 Å². The molecule has 4 aromatic carbocycles. The zero-order valence-corrected chi connectivity index (χ0v) is 34.2. The first-order chi connectivity index (χ1) is 21.8. The molecule has 9 rings (SSSR count). The van der Waals surface area contributed by atoms with Crippen molar-refractivity contribution in [3.63, 3.8) is 0 Å². The van der Waals surface area contributed by atoms with Crippen LogP contribution in [0.25, 0.3) is 16.9 Å². The second kappa shape index (κ2) is 17.8. The van der Waals surface area contributed by atoms with E-state index >= 15 is 0 Å². The van der Waals surface area contributed by atoms with Gasteiger partial charge in [0.25, 0.3) is 0 Å². The summed E-state index contributed by atoms with van der Waals surface area (Å²) in [6, 6.07) is 42.3. The molecule has 4 fully saturated rings. The van der Waals surface area contributed by atoms with E-state index in [1.54, 1.807) is 0 Å². The molecule has 1 N–H and O–H groups in total. The van der Waals surface area contributed by atoms with E-state index in [-0.39, 0.29) is 31.4 Å². The fourth-order valence-electron chi connectivity index (χ4n) is 7.82. The van der Waals surface area contributed by atoms with Crippen molar-refractivity contribution in [2.75, 3.05) is 0 Å². The van der Waals surface area contributed by atoms with Gasteiger partial charge in [0.15, 0.2) is 0 Å². The first-order valence-electron chi connectivity index (χ1n) is 16.9. The summed E-state index contributed by atoms with van der Waals surface area (Å²) in [6.45, 7) is 8.67. The Balaban J connectivity index is 0.000000139. The average Bonchev–Trinajstić information content (AvgIpc) is 3.27. The first-order valence-corrected chi connectivity index (χ1v) is 19.3. The molecule has 0 aliphatic heterocycles. The van der Waals surface area contributed by atoms with Crippen LogP contribution in [0.2, 0.25) is 0 Å². The smallest absolute Gasteiger partial charge is 0.0184 e. The topological polar surface area (TPSA) is 23.8 Å². The largest absolute Gasteiger partial charge is 0.0622 e. The molecule has 3 heteroatoms. The SMILES string of the molecule is CC1=[C-]C(C)C(C)=C1C.[Hf].[NH-]C12CC3CC(CC(C3)C1)C2.c1cc[c]([GeH][c]2ccccc2)cc1.c1ccc(-c2ccccc2)cc1. The Bertz CT molecular complexity index is 1420. The van der Waals surface area contributed by atoms with Gasteiger partial charge in [-0.1, -0.05) is 107 Å². The zero-order valence-electron chi connectivity index (χ0n) is 28.2. The van der Waals surface area contributed by atoms with Crippen molar-refractivity contribution >= 4 is 24.2 Å². The Morgan fingerprint density at radius 1 is 0.587 bits per heavy atom. The number of benzene rings is 4. The van der Waals surface area contributed by atoms with Crippen LogP contribution in [0, 0.1) is 29.7 Å². The summed E-state index contributed by atoms with van der Waals surface area (Å²) < 4.78 is 3.05. The fraction of sp³-hybridized carbons (Fsp3) is 0.349. The molecule has 1 atom stereocenters. The van der Waals surface area contributed by atoms with Gasteiger partial charge in [-0.15, -0.1) is 12.5 Å². The van der Waals surface area contributed by atoms with Crippen LogP contribution in [0.4, 0.5) is 0 Å². The second-order valence-electron chi connectivity index (χ2n) is 13.7. The van der Waals surface area contributed by atoms with Gasteiger partial charge in [-0.05, 0) is 48.1 Å². The zero-order chi connectivity index (χ0) is 31.6. The van der Waals surface area contributed by atoms with Crippen LogP contribution in [0.5, 0.6) is 0 Å². The summed E-state index contributed by atoms with van der Waals surface area (Å²) in [7, 11) is 0. The molecule has 0 amide bonds. The summed E-state index contributed by atoms with van der Waals surface area (Å²) in [5, 5.41) is 0. The molecule has 4 bridgehead atoms. The molecule has 1 nitrogen and oxygen atoms in total. The summed E-state index contributed by atoms with van der Waals surface area (Å²) in [6.07, 6.45) is 11.5. The first kappa shape index (κ1) is 36.6. The summed E-state index contributed by atoms with van der Waals surface area (Å²) in [5.41, 5.74) is 15.1. The molecule has 1 unspecified atom stereocenters. The van der Waals surface area contributed by atoms with Crippen LogP contribution in [0.1, 0.15) is 66.2 Å². The summed E-state index contributed by atoms with van der Waals surface area (Å²) in [4.78, 5) is 0. The second-order valence-corrected chi connectivity index (χ2v) is 17.1. The minimum Gasteiger partial charge on any atom is -0.0622 e. The van der Waals surface area contributed by atoms with Crippen LogP contribution >= 0.6 is 0 Å². The van der Waals surface area contributed by atoms with Crippen molar-refractivity contribution in [3.05, 3.63) is 150 Å². The van der Waals surface area contributed by atoms with Gasteiger partial charge in [-0.25, -0.2) is 5.57 Å². The Kier molecular flexibility index (Phi) is 14.1. The van der Waals surface area contributed by atoms with Gasteiger partial charge in [0.2, 0.25) is 0 Å². The third kappa shape index (κ3) is 10.6. The maximum Gasteiger partial charge on any atom is -0.0184 e. The fourth-order valence-corrected chi connectivity index (χ4v) is 10.4. The van der Waals surface area contributed by atoms with Gasteiger partial charge in [-0.2, -0.15) is 11.1 Å². The third-order valence-corrected chi connectivity index (χ3v) is 13.1. The van der Waals surface area contributed by atoms with Crippen molar-refractivity contribution in [1.82, 2.24) is 0 Å². The van der Waals surface area contributed by atoms with Crippen molar-refractivity contribution in [3.8, 4) is 11.1 Å². The number of hydrogen-bond donors (Lipinski definition) is 0. The van der Waals surface area contributed by atoms with E-state index in [4.69, 9.17) is 5.73 Å². The van der Waals surface area contributed by atoms with Crippen molar-refractivity contribution < 1.29 is 25.8 Å². The molecular formula is C43H50GeHfN-2. The molecule has 237 valence electrons. The van der Waals surface area contributed by atoms with Gasteiger partial charge in [-0.3, -0.25) is 6.08 Å². The van der Waals surface area contributed by atoms with Crippen LogP contribution < -0.4 is 8.79 Å². The summed E-state index contributed by atoms with van der Waals surface area (Å²) >= 11 is -0.392. The van der Waals surface area contributed by atoms with Gasteiger partial charge in [0, 0.05) is 25.8 Å². The van der Waals surface area contributed by atoms with E-state index in [1.807, 2.05) is 12.1 Å². The van der Waals surface area contributed by atoms with Gasteiger partial charge >= 0.3 is 84.9 Å². The Labute approximate surface area is 304 Å². The van der Waals surface area contributed by atoms with E-state index in [0.29, 0.717) is 5.92 Å². The quantitative estimate of drug-likeness (QED) is 0.145. The monoisotopic (exact) mass is 834 g/mol. The van der Waals surface area contributed by atoms with Crippen molar-refractivity contribution in [2.24, 2.45) is 23.7 Å². The molecule has 0 spiro atoms. The molecule has 1 radical (unpaired) electrons. The van der Waals surface area contributed by atoms with Crippen LogP contribution in [-0.4, -0.2) is 21.0 Å². The third-order valence-electron chi connectivity index (χ3n) is 10.1. The number of rotatable bonds is 3. The normalized spacial score (nSPS) is 25.0. The molecular weight excluding hydrogens is 782 g/mol. The Morgan fingerprint density at radius 3 is 1.20 bits per heavy atom. The molecule has 5 aliphatic rings. The van der Waals surface area contributed by atoms with E-state index in [1.165, 1.54) is 75.2 Å². The predicted molar refractivity (Wildman–Crippen MR) is 196 cm³/mol. The minimum absolute atomic E-state index is 0. The Morgan fingerprint density at radius 2 is 0.935 bits per heavy atom. The van der Waals surface area contributed by atoms with Gasteiger partial charge < -0.3 is 5.73 Å². The van der Waals surface area contributed by atoms with Crippen molar-refractivity contribution in [2.45, 2.75) is 71.8 Å². The maximum atomic E-state index is 8.21. The minimum atomic E-state index is -0.392. The van der Waals surface area contributed by atoms with Crippen LogP contribution in [0.15, 0.2) is 138 Å². The maximum absolute atomic E-state index is 8.21. The van der Waals surface area contributed by atoms with Crippen LogP contribution in [0.3, 0.4) is 0 Å². The van der Waals surface area contributed by atoms with Gasteiger partial charge in [0.05, 0.1) is 0 Å². The number of nitrogens with one attached hydrogen (secondary N) is 1. The number of hydrogen-bond acceptors (Lipinski definition) is 0. The molecule has 0 saturated heterocycles. The van der Waals surface area contributed by atoms with Crippen molar-refractivity contribution in [1.29, 1.82) is 0 Å². The molecule has 0 heterocycles. The van der Waals surface area contributed by atoms with E-state index in [0.717, 1.165) is 17.8 Å². The molecule has 5 aliphatic carbocycles. The summed E-state index contributed by atoms with van der Waals surface area (Å²) in [5.74, 6) is 3.43. The van der Waals surface area contributed by atoms with E-state index in [9.17, 15) is 0 Å². The average molecular weight is 832 g/mol. The van der Waals surface area contributed by atoms with E-state index < -0.39 is 15.4 Å². The number of allylic oxidation sites excluding steroid dienone is 4. The van der Waals surface area contributed by atoms with Crippen LogP contribution in [-0.2, 0) is 25.8 Å². The standard InChI is InChI=1S/C12H11Ge.C12H10.C10H16N.C9H13.Hf/c1-3-7-11(8-4-1)13-12-9-5-2-6-10-12;1-3-7-11(8-4-1)12-9-5-2-6-10-12;11-10-4-7-1-8(5-10)3-9(2-7)6-10;1-6-5-7(2)9(4)8(6)3;/h1-10,13H;1-10H;7-9,11H,1-6H2;6H,1-4H3;/q;;2*-1;. The Hall–Kier alpha value is -2.27. The van der Waals surface area contributed by atoms with Gasteiger partial charge in [0.1, 0.15) is 0 Å². The molecule has 0 aromatic heterocycles. The molecule has 46 heavy (non-hydrogen) atoms. The predicted octanol–water partition coefficient (Wildman–Crippen LogP) is 10.2. The molecule has 4 aromatic rings. The molecule has 4 saturated carbocycles.